The molecule has 0 atom stereocenters. The van der Waals surface area contributed by atoms with E-state index in [1.807, 2.05) is 25.2 Å². The van der Waals surface area contributed by atoms with Gasteiger partial charge in [0.1, 0.15) is 0 Å². The SMILES string of the molecule is CN=C(NCc1cccc(OC)c1OC1CCCC1)N1CCN(c2ncccn2)CC1. The van der Waals surface area contributed by atoms with Crippen LogP contribution < -0.4 is 19.7 Å². The number of aromatic nitrogens is 2. The fraction of sp³-hybridized carbons (Fsp3) is 0.522. The van der Waals surface area contributed by atoms with Gasteiger partial charge >= 0.3 is 0 Å². The largest absolute Gasteiger partial charge is 0.493 e. The molecule has 2 fully saturated rings. The Hall–Kier alpha value is -3.03. The van der Waals surface area contributed by atoms with Gasteiger partial charge in [-0.15, -0.1) is 0 Å². The molecular weight excluding hydrogens is 392 g/mol. The molecule has 31 heavy (non-hydrogen) atoms. The molecule has 1 saturated heterocycles. The maximum atomic E-state index is 6.36. The molecule has 0 amide bonds. The van der Waals surface area contributed by atoms with E-state index in [2.05, 4.69) is 36.1 Å². The molecule has 1 aliphatic carbocycles. The highest BCUT2D eigenvalue weighted by Crippen LogP contribution is 2.34. The second kappa shape index (κ2) is 10.3. The van der Waals surface area contributed by atoms with Crippen LogP contribution in [0.1, 0.15) is 31.2 Å². The van der Waals surface area contributed by atoms with Gasteiger partial charge < -0.3 is 24.6 Å². The predicted octanol–water partition coefficient (Wildman–Crippen LogP) is 2.70. The zero-order valence-corrected chi connectivity index (χ0v) is 18.5. The van der Waals surface area contributed by atoms with E-state index in [1.165, 1.54) is 12.8 Å². The number of piperazine rings is 1. The zero-order chi connectivity index (χ0) is 21.5. The summed E-state index contributed by atoms with van der Waals surface area (Å²) >= 11 is 0. The Morgan fingerprint density at radius 1 is 1.10 bits per heavy atom. The quantitative estimate of drug-likeness (QED) is 0.564. The minimum absolute atomic E-state index is 0.280. The van der Waals surface area contributed by atoms with Gasteiger partial charge in [0.2, 0.25) is 5.95 Å². The standard InChI is InChI=1S/C23H32N6O2/c1-24-22(28-13-15-29(16-14-28)23-25-11-6-12-26-23)27-17-18-7-5-10-20(30-2)21(18)31-19-8-3-4-9-19/h5-7,10-12,19H,3-4,8-9,13-17H2,1-2H3,(H,24,27). The van der Waals surface area contributed by atoms with Gasteiger partial charge in [-0.1, -0.05) is 12.1 Å². The maximum absolute atomic E-state index is 6.36. The molecular formula is C23H32N6O2. The Balaban J connectivity index is 1.38. The first-order valence-electron chi connectivity index (χ1n) is 11.1. The summed E-state index contributed by atoms with van der Waals surface area (Å²) in [5.74, 6) is 3.32. The van der Waals surface area contributed by atoms with Gasteiger partial charge in [-0.05, 0) is 37.8 Å². The zero-order valence-electron chi connectivity index (χ0n) is 18.5. The lowest BCUT2D eigenvalue weighted by Gasteiger charge is -2.36. The van der Waals surface area contributed by atoms with Crippen molar-refractivity contribution in [3.63, 3.8) is 0 Å². The van der Waals surface area contributed by atoms with E-state index >= 15 is 0 Å². The van der Waals surface area contributed by atoms with Gasteiger partial charge in [0.25, 0.3) is 0 Å². The third-order valence-electron chi connectivity index (χ3n) is 5.93. The number of benzene rings is 1. The normalized spacial score (nSPS) is 17.7. The van der Waals surface area contributed by atoms with Crippen molar-refractivity contribution in [2.75, 3.05) is 45.2 Å². The van der Waals surface area contributed by atoms with E-state index in [1.54, 1.807) is 19.5 Å². The summed E-state index contributed by atoms with van der Waals surface area (Å²) in [6.45, 7) is 4.08. The molecule has 4 rings (SSSR count). The van der Waals surface area contributed by atoms with Crippen LogP contribution in [0.15, 0.2) is 41.7 Å². The summed E-state index contributed by atoms with van der Waals surface area (Å²) in [5.41, 5.74) is 1.09. The lowest BCUT2D eigenvalue weighted by atomic mass is 10.1. The first-order chi connectivity index (χ1) is 15.3. The number of rotatable bonds is 6. The van der Waals surface area contributed by atoms with Gasteiger partial charge in [-0.25, -0.2) is 9.97 Å². The highest BCUT2D eigenvalue weighted by atomic mass is 16.5. The van der Waals surface area contributed by atoms with Crippen molar-refractivity contribution in [2.45, 2.75) is 38.3 Å². The van der Waals surface area contributed by atoms with Crippen molar-refractivity contribution in [3.05, 3.63) is 42.2 Å². The Bertz CT molecular complexity index is 862. The van der Waals surface area contributed by atoms with Crippen LogP contribution in [0.3, 0.4) is 0 Å². The van der Waals surface area contributed by atoms with Crippen LogP contribution in [0.25, 0.3) is 0 Å². The Morgan fingerprint density at radius 3 is 2.52 bits per heavy atom. The Morgan fingerprint density at radius 2 is 1.84 bits per heavy atom. The van der Waals surface area contributed by atoms with Gasteiger partial charge in [-0.3, -0.25) is 4.99 Å². The number of hydrogen-bond acceptors (Lipinski definition) is 6. The van der Waals surface area contributed by atoms with Crippen LogP contribution in [0.5, 0.6) is 11.5 Å². The van der Waals surface area contributed by atoms with E-state index < -0.39 is 0 Å². The number of nitrogens with zero attached hydrogens (tertiary/aromatic N) is 5. The first-order valence-corrected chi connectivity index (χ1v) is 11.1. The lowest BCUT2D eigenvalue weighted by molar-refractivity contribution is 0.198. The summed E-state index contributed by atoms with van der Waals surface area (Å²) in [7, 11) is 3.53. The Labute approximate surface area is 184 Å². The van der Waals surface area contributed by atoms with Crippen LogP contribution >= 0.6 is 0 Å². The number of guanidine groups is 1. The van der Waals surface area contributed by atoms with Crippen LogP contribution in [0.4, 0.5) is 5.95 Å². The molecule has 0 unspecified atom stereocenters. The van der Waals surface area contributed by atoms with Gasteiger partial charge in [0.15, 0.2) is 17.5 Å². The number of ether oxygens (including phenoxy) is 2. The maximum Gasteiger partial charge on any atom is 0.225 e. The van der Waals surface area contributed by atoms with Crippen LogP contribution in [-0.2, 0) is 6.54 Å². The van der Waals surface area contributed by atoms with Gasteiger partial charge in [0, 0.05) is 57.7 Å². The fourth-order valence-electron chi connectivity index (χ4n) is 4.25. The third-order valence-corrected chi connectivity index (χ3v) is 5.93. The molecule has 8 nitrogen and oxygen atoms in total. The number of nitrogens with one attached hydrogen (secondary N) is 1. The molecule has 2 aromatic rings. The summed E-state index contributed by atoms with van der Waals surface area (Å²) in [4.78, 5) is 17.7. The molecule has 8 heteroatoms. The molecule has 1 aromatic carbocycles. The molecule has 1 N–H and O–H groups in total. The second-order valence-electron chi connectivity index (χ2n) is 7.90. The van der Waals surface area contributed by atoms with Crippen LogP contribution in [-0.4, -0.2) is 67.3 Å². The van der Waals surface area contributed by atoms with Crippen molar-refractivity contribution in [1.29, 1.82) is 0 Å². The minimum Gasteiger partial charge on any atom is -0.493 e. The van der Waals surface area contributed by atoms with E-state index in [0.29, 0.717) is 6.54 Å². The highest BCUT2D eigenvalue weighted by molar-refractivity contribution is 5.80. The summed E-state index contributed by atoms with van der Waals surface area (Å²) in [5, 5.41) is 3.52. The van der Waals surface area contributed by atoms with Crippen molar-refractivity contribution in [1.82, 2.24) is 20.2 Å². The summed E-state index contributed by atoms with van der Waals surface area (Å²) < 4.78 is 12.0. The highest BCUT2D eigenvalue weighted by Gasteiger charge is 2.23. The molecule has 2 aliphatic rings. The van der Waals surface area contributed by atoms with E-state index in [9.17, 15) is 0 Å². The van der Waals surface area contributed by atoms with Gasteiger partial charge in [-0.2, -0.15) is 0 Å². The number of para-hydroxylation sites is 1. The number of anilines is 1. The lowest BCUT2D eigenvalue weighted by Crippen LogP contribution is -2.52. The minimum atomic E-state index is 0.280. The number of methoxy groups -OCH3 is 1. The molecule has 1 aromatic heterocycles. The summed E-state index contributed by atoms with van der Waals surface area (Å²) in [6.07, 6.45) is 8.55. The molecule has 1 saturated carbocycles. The molecule has 166 valence electrons. The second-order valence-corrected chi connectivity index (χ2v) is 7.90. The number of aliphatic imine (C=N–C) groups is 1. The first kappa shape index (κ1) is 21.2. The van der Waals surface area contributed by atoms with E-state index in [-0.39, 0.29) is 6.10 Å². The fourth-order valence-corrected chi connectivity index (χ4v) is 4.25. The van der Waals surface area contributed by atoms with Crippen molar-refractivity contribution >= 4 is 11.9 Å². The molecule has 0 bridgehead atoms. The molecule has 1 aliphatic heterocycles. The Kier molecular flexibility index (Phi) is 7.07. The third kappa shape index (κ3) is 5.18. The topological polar surface area (TPSA) is 75.1 Å². The average Bonchev–Trinajstić information content (AvgIpc) is 3.34. The average molecular weight is 425 g/mol. The smallest absolute Gasteiger partial charge is 0.225 e. The van der Waals surface area contributed by atoms with Crippen molar-refractivity contribution in [2.24, 2.45) is 4.99 Å². The molecule has 0 radical (unpaired) electrons. The van der Waals surface area contributed by atoms with E-state index in [0.717, 1.165) is 68.0 Å². The summed E-state index contributed by atoms with van der Waals surface area (Å²) in [6, 6.07) is 7.92. The molecule has 0 spiro atoms. The van der Waals surface area contributed by atoms with Crippen LogP contribution in [0, 0.1) is 0 Å². The van der Waals surface area contributed by atoms with E-state index in [4.69, 9.17) is 9.47 Å². The van der Waals surface area contributed by atoms with Gasteiger partial charge in [0.05, 0.1) is 13.2 Å². The number of hydrogen-bond donors (Lipinski definition) is 1. The predicted molar refractivity (Wildman–Crippen MR) is 122 cm³/mol. The van der Waals surface area contributed by atoms with Crippen LogP contribution in [0.2, 0.25) is 0 Å². The molecule has 2 heterocycles. The monoisotopic (exact) mass is 424 g/mol. The van der Waals surface area contributed by atoms with Crippen molar-refractivity contribution in [3.8, 4) is 11.5 Å². The van der Waals surface area contributed by atoms with Crippen molar-refractivity contribution < 1.29 is 9.47 Å².